The first kappa shape index (κ1) is 15.1. The predicted octanol–water partition coefficient (Wildman–Crippen LogP) is 1.36. The fourth-order valence-electron chi connectivity index (χ4n) is 2.40. The molecule has 0 saturated carbocycles. The van der Waals surface area contributed by atoms with Crippen molar-refractivity contribution in [2.45, 2.75) is 18.9 Å². The van der Waals surface area contributed by atoms with Crippen LogP contribution in [0.4, 0.5) is 5.69 Å². The van der Waals surface area contributed by atoms with Crippen LogP contribution >= 0.6 is 12.4 Å². The maximum atomic E-state index is 12.1. The van der Waals surface area contributed by atoms with E-state index in [4.69, 9.17) is 9.47 Å². The number of carbonyl (C=O) groups is 1. The summed E-state index contributed by atoms with van der Waals surface area (Å²) >= 11 is 0. The second-order valence-electron chi connectivity index (χ2n) is 4.85. The van der Waals surface area contributed by atoms with Crippen molar-refractivity contribution in [1.29, 1.82) is 0 Å². The third-order valence-corrected chi connectivity index (χ3v) is 3.41. The van der Waals surface area contributed by atoms with Gasteiger partial charge in [0.05, 0.1) is 19.8 Å². The van der Waals surface area contributed by atoms with Crippen molar-refractivity contribution in [1.82, 2.24) is 5.32 Å². The Bertz CT molecular complexity index is 475. The fourth-order valence-corrected chi connectivity index (χ4v) is 2.40. The number of nitrogens with one attached hydrogen (secondary N) is 2. The highest BCUT2D eigenvalue weighted by Crippen LogP contribution is 2.27. The molecule has 2 aliphatic heterocycles. The molecule has 0 aromatic heterocycles. The van der Waals surface area contributed by atoms with Crippen molar-refractivity contribution in [3.05, 3.63) is 23.8 Å². The number of amides is 1. The maximum Gasteiger partial charge on any atom is 0.243 e. The summed E-state index contributed by atoms with van der Waals surface area (Å²) in [5, 5.41) is 6.06. The standard InChI is InChI=1S/C14H18N2O3.ClH/c17-14(12-9-18-7-5-15-12)16-11-3-4-13-10(8-11)2-1-6-19-13;/h3-4,8,12,15H,1-2,5-7,9H2,(H,16,17);1H. The predicted molar refractivity (Wildman–Crippen MR) is 78.7 cm³/mol. The third-order valence-electron chi connectivity index (χ3n) is 3.41. The molecule has 2 N–H and O–H groups in total. The quantitative estimate of drug-likeness (QED) is 0.865. The molecule has 110 valence electrons. The average molecular weight is 299 g/mol. The zero-order valence-electron chi connectivity index (χ0n) is 11.2. The minimum absolute atomic E-state index is 0. The lowest BCUT2D eigenvalue weighted by atomic mass is 10.1. The van der Waals surface area contributed by atoms with Gasteiger partial charge in [0.1, 0.15) is 11.8 Å². The van der Waals surface area contributed by atoms with Crippen molar-refractivity contribution in [2.75, 3.05) is 31.7 Å². The number of morpholine rings is 1. The van der Waals surface area contributed by atoms with E-state index in [2.05, 4.69) is 10.6 Å². The van der Waals surface area contributed by atoms with Gasteiger partial charge in [-0.15, -0.1) is 12.4 Å². The molecule has 20 heavy (non-hydrogen) atoms. The molecule has 6 heteroatoms. The van der Waals surface area contributed by atoms with Gasteiger partial charge in [0.25, 0.3) is 0 Å². The lowest BCUT2D eigenvalue weighted by molar-refractivity contribution is -0.120. The van der Waals surface area contributed by atoms with Gasteiger partial charge in [-0.05, 0) is 36.6 Å². The average Bonchev–Trinajstić information content (AvgIpc) is 2.48. The smallest absolute Gasteiger partial charge is 0.243 e. The van der Waals surface area contributed by atoms with Crippen LogP contribution in [0.3, 0.4) is 0 Å². The van der Waals surface area contributed by atoms with Crippen LogP contribution in [-0.2, 0) is 16.0 Å². The van der Waals surface area contributed by atoms with E-state index in [1.54, 1.807) is 0 Å². The molecule has 1 aromatic carbocycles. The number of aryl methyl sites for hydroxylation is 1. The van der Waals surface area contributed by atoms with E-state index >= 15 is 0 Å². The summed E-state index contributed by atoms with van der Waals surface area (Å²) in [6.45, 7) is 2.60. The molecule has 2 heterocycles. The molecule has 0 bridgehead atoms. The molecule has 1 saturated heterocycles. The zero-order valence-corrected chi connectivity index (χ0v) is 12.0. The summed E-state index contributed by atoms with van der Waals surface area (Å²) in [5.41, 5.74) is 1.98. The van der Waals surface area contributed by atoms with Crippen LogP contribution in [0.25, 0.3) is 0 Å². The SMILES string of the molecule is Cl.O=C(Nc1ccc2c(c1)CCCO2)C1COCCN1. The number of ether oxygens (including phenoxy) is 2. The van der Waals surface area contributed by atoms with Crippen molar-refractivity contribution in [2.24, 2.45) is 0 Å². The summed E-state index contributed by atoms with van der Waals surface area (Å²) < 4.78 is 10.8. The van der Waals surface area contributed by atoms with Crippen molar-refractivity contribution >= 4 is 24.0 Å². The van der Waals surface area contributed by atoms with Crippen LogP contribution in [0, 0.1) is 0 Å². The number of halogens is 1. The van der Waals surface area contributed by atoms with Gasteiger partial charge in [0, 0.05) is 12.2 Å². The highest BCUT2D eigenvalue weighted by molar-refractivity contribution is 5.95. The summed E-state index contributed by atoms with van der Waals surface area (Å²) in [4.78, 5) is 12.1. The number of benzene rings is 1. The Hall–Kier alpha value is -1.30. The molecular weight excluding hydrogens is 280 g/mol. The molecule has 1 aromatic rings. The van der Waals surface area contributed by atoms with Crippen molar-refractivity contribution < 1.29 is 14.3 Å². The van der Waals surface area contributed by atoms with Gasteiger partial charge in [-0.2, -0.15) is 0 Å². The first-order chi connectivity index (χ1) is 9.33. The number of rotatable bonds is 2. The van der Waals surface area contributed by atoms with E-state index < -0.39 is 0 Å². The number of anilines is 1. The van der Waals surface area contributed by atoms with Gasteiger partial charge in [-0.3, -0.25) is 4.79 Å². The minimum Gasteiger partial charge on any atom is -0.493 e. The van der Waals surface area contributed by atoms with E-state index in [1.807, 2.05) is 18.2 Å². The zero-order chi connectivity index (χ0) is 13.1. The van der Waals surface area contributed by atoms with Gasteiger partial charge < -0.3 is 20.1 Å². The summed E-state index contributed by atoms with van der Waals surface area (Å²) in [5.74, 6) is 0.889. The molecule has 3 rings (SSSR count). The molecule has 0 radical (unpaired) electrons. The molecule has 2 aliphatic rings. The van der Waals surface area contributed by atoms with Crippen LogP contribution < -0.4 is 15.4 Å². The van der Waals surface area contributed by atoms with Crippen LogP contribution in [0.1, 0.15) is 12.0 Å². The van der Waals surface area contributed by atoms with Gasteiger partial charge >= 0.3 is 0 Å². The molecule has 0 spiro atoms. The van der Waals surface area contributed by atoms with Gasteiger partial charge in [-0.25, -0.2) is 0 Å². The van der Waals surface area contributed by atoms with Crippen molar-refractivity contribution in [3.63, 3.8) is 0 Å². The summed E-state index contributed by atoms with van der Waals surface area (Å²) in [7, 11) is 0. The Kier molecular flexibility index (Phi) is 5.23. The lowest BCUT2D eigenvalue weighted by Gasteiger charge is -2.23. The van der Waals surface area contributed by atoms with E-state index in [9.17, 15) is 4.79 Å². The van der Waals surface area contributed by atoms with E-state index in [0.29, 0.717) is 13.2 Å². The topological polar surface area (TPSA) is 59.6 Å². The van der Waals surface area contributed by atoms with Crippen molar-refractivity contribution in [3.8, 4) is 5.75 Å². The number of fused-ring (bicyclic) bond motifs is 1. The van der Waals surface area contributed by atoms with E-state index in [1.165, 1.54) is 0 Å². The monoisotopic (exact) mass is 298 g/mol. The number of hydrogen-bond acceptors (Lipinski definition) is 4. The lowest BCUT2D eigenvalue weighted by Crippen LogP contribution is -2.48. The molecule has 0 aliphatic carbocycles. The maximum absolute atomic E-state index is 12.1. The van der Waals surface area contributed by atoms with Crippen LogP contribution in [0.2, 0.25) is 0 Å². The Morgan fingerprint density at radius 3 is 3.05 bits per heavy atom. The highest BCUT2D eigenvalue weighted by atomic mass is 35.5. The molecule has 1 fully saturated rings. The summed E-state index contributed by atoms with van der Waals surface area (Å²) in [6.07, 6.45) is 2.03. The fraction of sp³-hybridized carbons (Fsp3) is 0.500. The first-order valence-electron chi connectivity index (χ1n) is 6.71. The highest BCUT2D eigenvalue weighted by Gasteiger charge is 2.21. The molecule has 5 nitrogen and oxygen atoms in total. The molecule has 1 amide bonds. The van der Waals surface area contributed by atoms with Crippen LogP contribution in [0.15, 0.2) is 18.2 Å². The van der Waals surface area contributed by atoms with Gasteiger partial charge in [-0.1, -0.05) is 0 Å². The Morgan fingerprint density at radius 2 is 2.25 bits per heavy atom. The first-order valence-corrected chi connectivity index (χ1v) is 6.71. The Balaban J connectivity index is 0.00000147. The van der Waals surface area contributed by atoms with Gasteiger partial charge in [0.2, 0.25) is 5.91 Å². The van der Waals surface area contributed by atoms with Crippen LogP contribution in [-0.4, -0.2) is 38.3 Å². The Labute approximate surface area is 124 Å². The van der Waals surface area contributed by atoms with E-state index in [0.717, 1.165) is 43.0 Å². The largest absolute Gasteiger partial charge is 0.493 e. The van der Waals surface area contributed by atoms with Gasteiger partial charge in [0.15, 0.2) is 0 Å². The molecular formula is C14H19ClN2O3. The Morgan fingerprint density at radius 1 is 1.35 bits per heavy atom. The van der Waals surface area contributed by atoms with Crippen LogP contribution in [0.5, 0.6) is 5.75 Å². The second kappa shape index (κ2) is 6.92. The molecule has 1 unspecified atom stereocenters. The summed E-state index contributed by atoms with van der Waals surface area (Å²) in [6, 6.07) is 5.54. The minimum atomic E-state index is -0.263. The molecule has 1 atom stereocenters. The van der Waals surface area contributed by atoms with E-state index in [-0.39, 0.29) is 24.4 Å². The number of carbonyl (C=O) groups excluding carboxylic acids is 1. The second-order valence-corrected chi connectivity index (χ2v) is 4.85. The normalized spacial score (nSPS) is 21.1. The number of hydrogen-bond donors (Lipinski definition) is 2. The third kappa shape index (κ3) is 3.42.